The number of carbonyl (C=O) groups excluding carboxylic acids is 2. The van der Waals surface area contributed by atoms with Gasteiger partial charge in [0, 0.05) is 17.3 Å². The lowest BCUT2D eigenvalue weighted by Crippen LogP contribution is -2.32. The Balaban J connectivity index is 1.87. The summed E-state index contributed by atoms with van der Waals surface area (Å²) in [5.74, 6) is 0.946. The SMILES string of the molecule is COc1ccc(N2Cc3ccc(CN(O)C(N)=O)cc3C2=O)cc1OC. The molecule has 1 aliphatic heterocycles. The van der Waals surface area contributed by atoms with Crippen molar-refractivity contribution < 1.29 is 24.3 Å². The quantitative estimate of drug-likeness (QED) is 0.630. The molecular formula is C18H19N3O5. The second-order valence-electron chi connectivity index (χ2n) is 5.82. The van der Waals surface area contributed by atoms with E-state index in [2.05, 4.69) is 0 Å². The van der Waals surface area contributed by atoms with E-state index in [1.54, 1.807) is 48.4 Å². The number of nitrogens with two attached hydrogens (primary N) is 1. The zero-order valence-electron chi connectivity index (χ0n) is 14.4. The number of rotatable bonds is 5. The number of hydrogen-bond acceptors (Lipinski definition) is 5. The van der Waals surface area contributed by atoms with E-state index in [4.69, 9.17) is 15.2 Å². The minimum absolute atomic E-state index is 0.0910. The van der Waals surface area contributed by atoms with E-state index in [1.807, 2.05) is 0 Å². The summed E-state index contributed by atoms with van der Waals surface area (Å²) in [7, 11) is 3.08. The number of ether oxygens (including phenoxy) is 2. The lowest BCUT2D eigenvalue weighted by molar-refractivity contribution is -0.0470. The van der Waals surface area contributed by atoms with Crippen molar-refractivity contribution in [2.75, 3.05) is 19.1 Å². The number of nitrogens with zero attached hydrogens (tertiary/aromatic N) is 2. The van der Waals surface area contributed by atoms with Crippen LogP contribution in [0.15, 0.2) is 36.4 Å². The lowest BCUT2D eigenvalue weighted by Gasteiger charge is -2.17. The van der Waals surface area contributed by atoms with Gasteiger partial charge in [-0.25, -0.2) is 9.86 Å². The number of amides is 3. The van der Waals surface area contributed by atoms with Gasteiger partial charge in [-0.05, 0) is 29.3 Å². The van der Waals surface area contributed by atoms with Gasteiger partial charge in [0.1, 0.15) is 0 Å². The van der Waals surface area contributed by atoms with E-state index >= 15 is 0 Å². The van der Waals surface area contributed by atoms with E-state index in [0.717, 1.165) is 5.56 Å². The summed E-state index contributed by atoms with van der Waals surface area (Å²) in [5, 5.41) is 9.87. The second-order valence-corrected chi connectivity index (χ2v) is 5.82. The first-order valence-electron chi connectivity index (χ1n) is 7.86. The first-order valence-corrected chi connectivity index (χ1v) is 7.86. The monoisotopic (exact) mass is 357 g/mol. The number of benzene rings is 2. The molecule has 3 N–H and O–H groups in total. The van der Waals surface area contributed by atoms with Crippen molar-refractivity contribution in [3.05, 3.63) is 53.1 Å². The number of fused-ring (bicyclic) bond motifs is 1. The largest absolute Gasteiger partial charge is 0.493 e. The number of urea groups is 1. The molecule has 0 atom stereocenters. The minimum atomic E-state index is -0.955. The van der Waals surface area contributed by atoms with Crippen LogP contribution in [-0.2, 0) is 13.1 Å². The number of hydrogen-bond donors (Lipinski definition) is 2. The van der Waals surface area contributed by atoms with Gasteiger partial charge in [-0.3, -0.25) is 10.0 Å². The van der Waals surface area contributed by atoms with Crippen molar-refractivity contribution in [2.45, 2.75) is 13.1 Å². The van der Waals surface area contributed by atoms with Crippen LogP contribution in [0.1, 0.15) is 21.5 Å². The van der Waals surface area contributed by atoms with Crippen molar-refractivity contribution in [2.24, 2.45) is 5.73 Å². The number of methoxy groups -OCH3 is 2. The smallest absolute Gasteiger partial charge is 0.338 e. The van der Waals surface area contributed by atoms with Crippen LogP contribution in [-0.4, -0.2) is 36.4 Å². The van der Waals surface area contributed by atoms with E-state index in [1.165, 1.54) is 7.11 Å². The van der Waals surface area contributed by atoms with Crippen molar-refractivity contribution in [1.29, 1.82) is 0 Å². The Kier molecular flexibility index (Phi) is 4.68. The molecule has 8 heteroatoms. The topological polar surface area (TPSA) is 105 Å². The van der Waals surface area contributed by atoms with Gasteiger partial charge in [-0.15, -0.1) is 0 Å². The van der Waals surface area contributed by atoms with Crippen molar-refractivity contribution in [1.82, 2.24) is 5.06 Å². The standard InChI is InChI=1S/C18H19N3O5/c1-25-15-6-5-13(8-16(15)26-2)20-10-12-4-3-11(7-14(12)17(20)22)9-21(24)18(19)23/h3-8,24H,9-10H2,1-2H3,(H2,19,23). The predicted octanol–water partition coefficient (Wildman–Crippen LogP) is 2.13. The van der Waals surface area contributed by atoms with E-state index in [0.29, 0.717) is 39.9 Å². The third-order valence-corrected chi connectivity index (χ3v) is 4.24. The van der Waals surface area contributed by atoms with Crippen LogP contribution in [0.25, 0.3) is 0 Å². The Hall–Kier alpha value is -3.26. The van der Waals surface area contributed by atoms with Crippen LogP contribution >= 0.6 is 0 Å². The van der Waals surface area contributed by atoms with Gasteiger partial charge in [0.25, 0.3) is 5.91 Å². The van der Waals surface area contributed by atoms with Gasteiger partial charge >= 0.3 is 6.03 Å². The molecule has 0 saturated heterocycles. The molecule has 1 aliphatic rings. The predicted molar refractivity (Wildman–Crippen MR) is 93.4 cm³/mol. The summed E-state index contributed by atoms with van der Waals surface area (Å²) in [6.45, 7) is 0.328. The summed E-state index contributed by atoms with van der Waals surface area (Å²) in [5.41, 5.74) is 7.69. The minimum Gasteiger partial charge on any atom is -0.493 e. The highest BCUT2D eigenvalue weighted by atomic mass is 16.5. The molecule has 26 heavy (non-hydrogen) atoms. The van der Waals surface area contributed by atoms with Crippen LogP contribution in [0.5, 0.6) is 11.5 Å². The molecular weight excluding hydrogens is 338 g/mol. The zero-order valence-corrected chi connectivity index (χ0v) is 14.4. The maximum atomic E-state index is 12.8. The zero-order chi connectivity index (χ0) is 18.8. The van der Waals surface area contributed by atoms with Gasteiger partial charge in [-0.1, -0.05) is 12.1 Å². The molecule has 0 aromatic heterocycles. The highest BCUT2D eigenvalue weighted by Crippen LogP contribution is 2.35. The molecule has 3 rings (SSSR count). The van der Waals surface area contributed by atoms with Gasteiger partial charge in [0.15, 0.2) is 11.5 Å². The second kappa shape index (κ2) is 6.93. The number of anilines is 1. The number of primary amides is 1. The molecule has 2 aromatic carbocycles. The van der Waals surface area contributed by atoms with E-state index in [9.17, 15) is 14.8 Å². The normalized spacial score (nSPS) is 12.7. The molecule has 3 amide bonds. The highest BCUT2D eigenvalue weighted by Gasteiger charge is 2.29. The lowest BCUT2D eigenvalue weighted by atomic mass is 10.1. The van der Waals surface area contributed by atoms with Gasteiger partial charge in [0.05, 0.1) is 27.3 Å². The summed E-state index contributed by atoms with van der Waals surface area (Å²) >= 11 is 0. The summed E-state index contributed by atoms with van der Waals surface area (Å²) in [4.78, 5) is 25.4. The molecule has 0 bridgehead atoms. The Labute approximate surface area is 150 Å². The summed E-state index contributed by atoms with van der Waals surface area (Å²) in [6.07, 6.45) is 0. The van der Waals surface area contributed by atoms with Gasteiger partial charge in [0.2, 0.25) is 0 Å². The molecule has 0 saturated carbocycles. The average Bonchev–Trinajstić information content (AvgIpc) is 2.97. The summed E-state index contributed by atoms with van der Waals surface area (Å²) < 4.78 is 10.5. The molecule has 8 nitrogen and oxygen atoms in total. The van der Waals surface area contributed by atoms with Crippen LogP contribution in [0.3, 0.4) is 0 Å². The molecule has 0 spiro atoms. The maximum absolute atomic E-state index is 12.8. The third-order valence-electron chi connectivity index (χ3n) is 4.24. The molecule has 2 aromatic rings. The average molecular weight is 357 g/mol. The van der Waals surface area contributed by atoms with Gasteiger partial charge in [-0.2, -0.15) is 0 Å². The Morgan fingerprint density at radius 3 is 2.58 bits per heavy atom. The van der Waals surface area contributed by atoms with Crippen molar-refractivity contribution in [3.8, 4) is 11.5 Å². The molecule has 0 aliphatic carbocycles. The van der Waals surface area contributed by atoms with Crippen molar-refractivity contribution in [3.63, 3.8) is 0 Å². The fraction of sp³-hybridized carbons (Fsp3) is 0.222. The van der Waals surface area contributed by atoms with E-state index in [-0.39, 0.29) is 12.5 Å². The van der Waals surface area contributed by atoms with Crippen LogP contribution in [0.2, 0.25) is 0 Å². The molecule has 0 fully saturated rings. The van der Waals surface area contributed by atoms with Crippen LogP contribution in [0, 0.1) is 0 Å². The van der Waals surface area contributed by atoms with Crippen LogP contribution < -0.4 is 20.1 Å². The molecule has 0 unspecified atom stereocenters. The van der Waals surface area contributed by atoms with E-state index < -0.39 is 6.03 Å². The Bertz CT molecular complexity index is 868. The molecule has 0 radical (unpaired) electrons. The van der Waals surface area contributed by atoms with Crippen molar-refractivity contribution >= 4 is 17.6 Å². The number of carbonyl (C=O) groups is 2. The highest BCUT2D eigenvalue weighted by molar-refractivity contribution is 6.10. The maximum Gasteiger partial charge on any atom is 0.338 e. The molecule has 136 valence electrons. The number of hydroxylamine groups is 2. The fourth-order valence-corrected chi connectivity index (χ4v) is 2.90. The van der Waals surface area contributed by atoms with Crippen LogP contribution in [0.4, 0.5) is 10.5 Å². The molecule has 1 heterocycles. The van der Waals surface area contributed by atoms with Gasteiger partial charge < -0.3 is 20.1 Å². The first kappa shape index (κ1) is 17.6. The fourth-order valence-electron chi connectivity index (χ4n) is 2.90. The Morgan fingerprint density at radius 1 is 1.19 bits per heavy atom. The summed E-state index contributed by atoms with van der Waals surface area (Å²) in [6, 6.07) is 9.52. The third kappa shape index (κ3) is 3.14. The Morgan fingerprint density at radius 2 is 1.92 bits per heavy atom. The first-order chi connectivity index (χ1) is 12.4.